The standard InChI is InChI=1S/C21H27N3O2/c25-21(18-15-17-5-1-2-7-20(17)22-16-18)24-9-4-3-6-19(24)8-10-23-11-13-26-14-12-23/h1-2,5,7,15-16,19H,3-4,6,8-14H2/t19-/m0/s1. The molecule has 2 aromatic rings. The van der Waals surface area contributed by atoms with Crippen LogP contribution in [0.25, 0.3) is 10.9 Å². The number of hydrogen-bond acceptors (Lipinski definition) is 4. The molecule has 0 spiro atoms. The van der Waals surface area contributed by atoms with Gasteiger partial charge in [0.2, 0.25) is 0 Å². The fourth-order valence-electron chi connectivity index (χ4n) is 4.08. The van der Waals surface area contributed by atoms with Gasteiger partial charge in [-0.15, -0.1) is 0 Å². The molecule has 2 aliphatic heterocycles. The molecule has 5 nitrogen and oxygen atoms in total. The van der Waals surface area contributed by atoms with E-state index in [9.17, 15) is 4.79 Å². The molecular formula is C21H27N3O2. The number of fused-ring (bicyclic) bond motifs is 1. The Balaban J connectivity index is 1.46. The van der Waals surface area contributed by atoms with Crippen LogP contribution in [0, 0.1) is 0 Å². The fraction of sp³-hybridized carbons (Fsp3) is 0.524. The summed E-state index contributed by atoms with van der Waals surface area (Å²) in [7, 11) is 0. The van der Waals surface area contributed by atoms with Crippen LogP contribution in [0.3, 0.4) is 0 Å². The first-order chi connectivity index (χ1) is 12.8. The van der Waals surface area contributed by atoms with Crippen molar-refractivity contribution in [2.75, 3.05) is 39.4 Å². The number of carbonyl (C=O) groups excluding carboxylic acids is 1. The molecule has 2 fully saturated rings. The molecule has 0 bridgehead atoms. The highest BCUT2D eigenvalue weighted by atomic mass is 16.5. The Morgan fingerprint density at radius 2 is 2.00 bits per heavy atom. The van der Waals surface area contributed by atoms with Gasteiger partial charge in [0, 0.05) is 43.8 Å². The van der Waals surface area contributed by atoms with Gasteiger partial charge in [-0.1, -0.05) is 18.2 Å². The maximum Gasteiger partial charge on any atom is 0.255 e. The van der Waals surface area contributed by atoms with E-state index >= 15 is 0 Å². The van der Waals surface area contributed by atoms with Gasteiger partial charge in [0.05, 0.1) is 24.3 Å². The van der Waals surface area contributed by atoms with E-state index in [2.05, 4.69) is 14.8 Å². The number of aromatic nitrogens is 1. The SMILES string of the molecule is O=C(c1cnc2ccccc2c1)N1CCCC[C@H]1CCN1CCOCC1. The van der Waals surface area contributed by atoms with E-state index in [1.165, 1.54) is 6.42 Å². The average Bonchev–Trinajstić information content (AvgIpc) is 2.72. The molecule has 1 amide bonds. The first-order valence-electron chi connectivity index (χ1n) is 9.77. The third kappa shape index (κ3) is 3.89. The van der Waals surface area contributed by atoms with Gasteiger partial charge >= 0.3 is 0 Å². The normalized spacial score (nSPS) is 21.8. The molecule has 1 aromatic heterocycles. The van der Waals surface area contributed by atoms with Crippen LogP contribution in [0.1, 0.15) is 36.0 Å². The first kappa shape index (κ1) is 17.4. The minimum atomic E-state index is 0.134. The number of pyridine rings is 1. The molecule has 2 aliphatic rings. The summed E-state index contributed by atoms with van der Waals surface area (Å²) in [6.07, 6.45) is 6.20. The van der Waals surface area contributed by atoms with Crippen molar-refractivity contribution in [3.8, 4) is 0 Å². The summed E-state index contributed by atoms with van der Waals surface area (Å²) in [6.45, 7) is 5.59. The van der Waals surface area contributed by atoms with E-state index in [4.69, 9.17) is 4.74 Å². The van der Waals surface area contributed by atoms with Crippen LogP contribution >= 0.6 is 0 Å². The predicted octanol–water partition coefficient (Wildman–Crippen LogP) is 2.95. The molecule has 138 valence electrons. The quantitative estimate of drug-likeness (QED) is 0.848. The summed E-state index contributed by atoms with van der Waals surface area (Å²) in [5.41, 5.74) is 1.65. The number of carbonyl (C=O) groups is 1. The van der Waals surface area contributed by atoms with Gasteiger partial charge in [0.1, 0.15) is 0 Å². The molecule has 4 rings (SSSR count). The van der Waals surface area contributed by atoms with E-state index in [0.29, 0.717) is 11.6 Å². The second-order valence-corrected chi connectivity index (χ2v) is 7.31. The van der Waals surface area contributed by atoms with Crippen molar-refractivity contribution in [2.24, 2.45) is 0 Å². The van der Waals surface area contributed by atoms with E-state index in [1.807, 2.05) is 30.3 Å². The lowest BCUT2D eigenvalue weighted by Crippen LogP contribution is -2.46. The van der Waals surface area contributed by atoms with Crippen molar-refractivity contribution in [2.45, 2.75) is 31.7 Å². The zero-order valence-corrected chi connectivity index (χ0v) is 15.3. The van der Waals surface area contributed by atoms with Gasteiger partial charge in [-0.25, -0.2) is 0 Å². The number of likely N-dealkylation sites (tertiary alicyclic amines) is 1. The zero-order chi connectivity index (χ0) is 17.8. The highest BCUT2D eigenvalue weighted by molar-refractivity contribution is 5.97. The largest absolute Gasteiger partial charge is 0.379 e. The summed E-state index contributed by atoms with van der Waals surface area (Å²) in [6, 6.07) is 10.3. The molecule has 0 unspecified atom stereocenters. The van der Waals surface area contributed by atoms with E-state index in [-0.39, 0.29) is 5.91 Å². The Morgan fingerprint density at radius 3 is 2.88 bits per heavy atom. The predicted molar refractivity (Wildman–Crippen MR) is 102 cm³/mol. The second-order valence-electron chi connectivity index (χ2n) is 7.31. The maximum absolute atomic E-state index is 13.2. The topological polar surface area (TPSA) is 45.7 Å². The number of benzene rings is 1. The highest BCUT2D eigenvalue weighted by Crippen LogP contribution is 2.23. The first-order valence-corrected chi connectivity index (χ1v) is 9.77. The lowest BCUT2D eigenvalue weighted by atomic mass is 9.98. The van der Waals surface area contributed by atoms with Gasteiger partial charge in [-0.3, -0.25) is 14.7 Å². The van der Waals surface area contributed by atoms with Gasteiger partial charge in [0.25, 0.3) is 5.91 Å². The van der Waals surface area contributed by atoms with Crippen LogP contribution in [0.2, 0.25) is 0 Å². The summed E-state index contributed by atoms with van der Waals surface area (Å²) >= 11 is 0. The van der Waals surface area contributed by atoms with Crippen LogP contribution in [0.5, 0.6) is 0 Å². The van der Waals surface area contributed by atoms with Crippen LogP contribution in [-0.4, -0.2) is 66.1 Å². The maximum atomic E-state index is 13.2. The Hall–Kier alpha value is -1.98. The third-order valence-electron chi connectivity index (χ3n) is 5.61. The Morgan fingerprint density at radius 1 is 1.15 bits per heavy atom. The molecular weight excluding hydrogens is 326 g/mol. The molecule has 1 atom stereocenters. The van der Waals surface area contributed by atoms with Crippen LogP contribution < -0.4 is 0 Å². The number of ether oxygens (including phenoxy) is 1. The van der Waals surface area contributed by atoms with E-state index < -0.39 is 0 Å². The van der Waals surface area contributed by atoms with Crippen molar-refractivity contribution < 1.29 is 9.53 Å². The Kier molecular flexibility index (Phi) is 5.46. The van der Waals surface area contributed by atoms with Crippen molar-refractivity contribution in [1.29, 1.82) is 0 Å². The number of piperidine rings is 1. The van der Waals surface area contributed by atoms with E-state index in [1.54, 1.807) is 6.20 Å². The lowest BCUT2D eigenvalue weighted by Gasteiger charge is -2.37. The van der Waals surface area contributed by atoms with E-state index in [0.717, 1.165) is 69.6 Å². The van der Waals surface area contributed by atoms with Crippen LogP contribution in [-0.2, 0) is 4.74 Å². The summed E-state index contributed by atoms with van der Waals surface area (Å²) in [4.78, 5) is 22.2. The Labute approximate surface area is 154 Å². The Bertz CT molecular complexity index is 758. The smallest absolute Gasteiger partial charge is 0.255 e. The summed E-state index contributed by atoms with van der Waals surface area (Å²) in [5.74, 6) is 0.134. The molecule has 1 aromatic carbocycles. The number of morpholine rings is 1. The number of nitrogens with zero attached hydrogens (tertiary/aromatic N) is 3. The van der Waals surface area contributed by atoms with Crippen LogP contribution in [0.4, 0.5) is 0 Å². The van der Waals surface area contributed by atoms with Gasteiger partial charge < -0.3 is 9.64 Å². The number of hydrogen-bond donors (Lipinski definition) is 0. The van der Waals surface area contributed by atoms with Crippen molar-refractivity contribution in [3.05, 3.63) is 42.1 Å². The average molecular weight is 353 g/mol. The molecule has 0 aliphatic carbocycles. The van der Waals surface area contributed by atoms with Gasteiger partial charge in [-0.05, 0) is 37.8 Å². The molecule has 5 heteroatoms. The molecule has 0 radical (unpaired) electrons. The molecule has 0 N–H and O–H groups in total. The van der Waals surface area contributed by atoms with Crippen LogP contribution in [0.15, 0.2) is 36.5 Å². The van der Waals surface area contributed by atoms with Crippen molar-refractivity contribution in [3.63, 3.8) is 0 Å². The van der Waals surface area contributed by atoms with Gasteiger partial charge in [-0.2, -0.15) is 0 Å². The van der Waals surface area contributed by atoms with Crippen molar-refractivity contribution in [1.82, 2.24) is 14.8 Å². The van der Waals surface area contributed by atoms with Gasteiger partial charge in [0.15, 0.2) is 0 Å². The second kappa shape index (κ2) is 8.14. The molecule has 3 heterocycles. The fourth-order valence-corrected chi connectivity index (χ4v) is 4.08. The molecule has 26 heavy (non-hydrogen) atoms. The minimum Gasteiger partial charge on any atom is -0.379 e. The molecule has 2 saturated heterocycles. The monoisotopic (exact) mass is 353 g/mol. The number of para-hydroxylation sites is 1. The van der Waals surface area contributed by atoms with Crippen molar-refractivity contribution >= 4 is 16.8 Å². The number of rotatable bonds is 4. The highest BCUT2D eigenvalue weighted by Gasteiger charge is 2.28. The lowest BCUT2D eigenvalue weighted by molar-refractivity contribution is 0.0295. The third-order valence-corrected chi connectivity index (χ3v) is 5.61. The summed E-state index contributed by atoms with van der Waals surface area (Å²) < 4.78 is 5.43. The zero-order valence-electron chi connectivity index (χ0n) is 15.3. The summed E-state index contributed by atoms with van der Waals surface area (Å²) in [5, 5.41) is 1.03. The minimum absolute atomic E-state index is 0.134. The molecule has 0 saturated carbocycles. The number of amides is 1.